The van der Waals surface area contributed by atoms with Crippen LogP contribution in [0.25, 0.3) is 0 Å². The molecule has 0 aliphatic carbocycles. The Labute approximate surface area is 67.4 Å². The average Bonchev–Trinajstić information content (AvgIpc) is 2.32. The fourth-order valence-electron chi connectivity index (χ4n) is 0.883. The minimum absolute atomic E-state index is 0.698. The lowest BCUT2D eigenvalue weighted by molar-refractivity contribution is -0.151. The summed E-state index contributed by atoms with van der Waals surface area (Å²) in [6.07, 6.45) is -4.72. The van der Waals surface area contributed by atoms with Gasteiger partial charge in [0.05, 0.1) is 6.61 Å². The van der Waals surface area contributed by atoms with Crippen molar-refractivity contribution in [3.8, 4) is 0 Å². The molecule has 0 aromatic rings. The third kappa shape index (κ3) is 1.31. The molecule has 1 unspecified atom stereocenters. The van der Waals surface area contributed by atoms with Gasteiger partial charge < -0.3 is 20.1 Å². The van der Waals surface area contributed by atoms with Crippen molar-refractivity contribution >= 4 is 11.8 Å². The highest BCUT2D eigenvalue weighted by Gasteiger charge is 2.45. The highest BCUT2D eigenvalue weighted by molar-refractivity contribution is 6.09. The molecule has 3 atom stereocenters. The maximum atomic E-state index is 10.8. The Bertz CT molecular complexity index is 212. The van der Waals surface area contributed by atoms with Gasteiger partial charge in [-0.1, -0.05) is 0 Å². The first-order valence-corrected chi connectivity index (χ1v) is 3.29. The van der Waals surface area contributed by atoms with Gasteiger partial charge in [-0.05, 0) is 0 Å². The van der Waals surface area contributed by atoms with Crippen LogP contribution in [0.5, 0.6) is 0 Å². The van der Waals surface area contributed by atoms with E-state index in [-0.39, 0.29) is 0 Å². The minimum Gasteiger partial charge on any atom is -0.449 e. The molecule has 3 N–H and O–H groups in total. The summed E-state index contributed by atoms with van der Waals surface area (Å²) in [5.74, 6) is -2.00. The summed E-state index contributed by atoms with van der Waals surface area (Å²) in [4.78, 5) is 21.4. The molecule has 1 aliphatic rings. The molecule has 0 bridgehead atoms. The van der Waals surface area contributed by atoms with Crippen molar-refractivity contribution in [1.82, 2.24) is 0 Å². The number of esters is 1. The zero-order chi connectivity index (χ0) is 9.30. The second-order valence-electron chi connectivity index (χ2n) is 2.41. The number of aliphatic hydroxyl groups is 3. The van der Waals surface area contributed by atoms with Gasteiger partial charge in [-0.2, -0.15) is 0 Å². The van der Waals surface area contributed by atoms with Crippen LogP contribution in [-0.2, 0) is 14.3 Å². The van der Waals surface area contributed by atoms with Crippen LogP contribution < -0.4 is 0 Å². The lowest BCUT2D eigenvalue weighted by Crippen LogP contribution is -2.36. The number of carbonyl (C=O) groups excluding carboxylic acids is 2. The Kier molecular flexibility index (Phi) is 2.41. The van der Waals surface area contributed by atoms with E-state index in [9.17, 15) is 9.59 Å². The predicted octanol–water partition coefficient (Wildman–Crippen LogP) is -2.80. The molecular formula is C6H8O6. The van der Waals surface area contributed by atoms with Crippen molar-refractivity contribution in [3.05, 3.63) is 0 Å². The maximum absolute atomic E-state index is 10.8. The highest BCUT2D eigenvalue weighted by Crippen LogP contribution is 2.13. The molecule has 0 saturated carbocycles. The molecule has 1 aliphatic heterocycles. The first-order valence-electron chi connectivity index (χ1n) is 3.29. The van der Waals surface area contributed by atoms with E-state index < -0.39 is 36.7 Å². The van der Waals surface area contributed by atoms with Crippen LogP contribution in [0.3, 0.4) is 0 Å². The van der Waals surface area contributed by atoms with E-state index in [0.29, 0.717) is 0 Å². The van der Waals surface area contributed by atoms with Crippen LogP contribution in [-0.4, -0.2) is 52.0 Å². The van der Waals surface area contributed by atoms with Crippen molar-refractivity contribution in [2.75, 3.05) is 6.61 Å². The average molecular weight is 176 g/mol. The zero-order valence-corrected chi connectivity index (χ0v) is 6.01. The van der Waals surface area contributed by atoms with E-state index in [4.69, 9.17) is 15.3 Å². The van der Waals surface area contributed by atoms with Crippen molar-refractivity contribution in [3.63, 3.8) is 0 Å². The maximum Gasteiger partial charge on any atom is 0.343 e. The summed E-state index contributed by atoms with van der Waals surface area (Å²) < 4.78 is 4.29. The minimum atomic E-state index is -1.82. The summed E-state index contributed by atoms with van der Waals surface area (Å²) in [5, 5.41) is 26.1. The lowest BCUT2D eigenvalue weighted by atomic mass is 10.1. The predicted molar refractivity (Wildman–Crippen MR) is 34.0 cm³/mol. The molecule has 6 nitrogen and oxygen atoms in total. The van der Waals surface area contributed by atoms with Gasteiger partial charge in [0.1, 0.15) is 6.10 Å². The van der Waals surface area contributed by atoms with Crippen LogP contribution >= 0.6 is 0 Å². The van der Waals surface area contributed by atoms with Gasteiger partial charge in [-0.15, -0.1) is 0 Å². The molecule has 68 valence electrons. The molecule has 1 saturated heterocycles. The van der Waals surface area contributed by atoms with Crippen LogP contribution in [0.4, 0.5) is 0 Å². The second kappa shape index (κ2) is 3.18. The third-order valence-corrected chi connectivity index (χ3v) is 1.55. The van der Waals surface area contributed by atoms with Gasteiger partial charge in [0.25, 0.3) is 0 Å². The molecule has 6 heteroatoms. The van der Waals surface area contributed by atoms with Crippen LogP contribution in [0.15, 0.2) is 0 Å². The van der Waals surface area contributed by atoms with Gasteiger partial charge in [0.2, 0.25) is 11.9 Å². The van der Waals surface area contributed by atoms with Gasteiger partial charge in [0.15, 0.2) is 6.10 Å². The Morgan fingerprint density at radius 1 is 1.50 bits per heavy atom. The van der Waals surface area contributed by atoms with Crippen molar-refractivity contribution < 1.29 is 29.6 Å². The Morgan fingerprint density at radius 2 is 2.08 bits per heavy atom. The molecule has 0 radical (unpaired) electrons. The quantitative estimate of drug-likeness (QED) is 0.310. The topological polar surface area (TPSA) is 104 Å². The smallest absolute Gasteiger partial charge is 0.343 e. The second-order valence-corrected chi connectivity index (χ2v) is 2.41. The first kappa shape index (κ1) is 9.11. The summed E-state index contributed by atoms with van der Waals surface area (Å²) >= 11 is 0. The largest absolute Gasteiger partial charge is 0.449 e. The fourth-order valence-corrected chi connectivity index (χ4v) is 0.883. The van der Waals surface area contributed by atoms with E-state index >= 15 is 0 Å². The fraction of sp³-hybridized carbons (Fsp3) is 0.667. The lowest BCUT2D eigenvalue weighted by Gasteiger charge is -2.11. The number of carbonyl (C=O) groups is 2. The molecule has 0 aromatic heterocycles. The Morgan fingerprint density at radius 3 is 2.42 bits per heavy atom. The van der Waals surface area contributed by atoms with Crippen LogP contribution in [0.2, 0.25) is 0 Å². The number of rotatable bonds is 2. The van der Waals surface area contributed by atoms with Gasteiger partial charge in [-0.25, -0.2) is 4.79 Å². The van der Waals surface area contributed by atoms with Gasteiger partial charge >= 0.3 is 5.97 Å². The number of ether oxygens (including phenoxy) is 1. The summed E-state index contributed by atoms with van der Waals surface area (Å²) in [6, 6.07) is 0. The van der Waals surface area contributed by atoms with Crippen molar-refractivity contribution in [2.24, 2.45) is 0 Å². The number of ketones is 1. The number of aliphatic hydroxyl groups excluding tert-OH is 3. The SMILES string of the molecule is O=C1O[C@H]([C@@H](O)CO)C(=O)C1O. The molecular weight excluding hydrogens is 168 g/mol. The Balaban J connectivity index is 2.71. The van der Waals surface area contributed by atoms with E-state index in [1.54, 1.807) is 0 Å². The summed E-state index contributed by atoms with van der Waals surface area (Å²) in [7, 11) is 0. The number of cyclic esters (lactones) is 1. The molecule has 12 heavy (non-hydrogen) atoms. The third-order valence-electron chi connectivity index (χ3n) is 1.55. The monoisotopic (exact) mass is 176 g/mol. The highest BCUT2D eigenvalue weighted by atomic mass is 16.6. The van der Waals surface area contributed by atoms with Crippen molar-refractivity contribution in [1.29, 1.82) is 0 Å². The molecule has 0 spiro atoms. The number of hydrogen-bond donors (Lipinski definition) is 3. The number of Topliss-reactive ketones (excluding diaryl/α,β-unsaturated/α-hetero) is 1. The van der Waals surface area contributed by atoms with Crippen LogP contribution in [0, 0.1) is 0 Å². The molecule has 1 heterocycles. The summed E-state index contributed by atoms with van der Waals surface area (Å²) in [5.41, 5.74) is 0. The Hall–Kier alpha value is -0.980. The van der Waals surface area contributed by atoms with Crippen molar-refractivity contribution in [2.45, 2.75) is 18.3 Å². The zero-order valence-electron chi connectivity index (χ0n) is 6.01. The van der Waals surface area contributed by atoms with Crippen LogP contribution in [0.1, 0.15) is 0 Å². The normalized spacial score (nSPS) is 31.9. The first-order chi connectivity index (χ1) is 5.57. The van der Waals surface area contributed by atoms with E-state index in [2.05, 4.69) is 4.74 Å². The summed E-state index contributed by atoms with van der Waals surface area (Å²) in [6.45, 7) is -0.698. The standard InChI is InChI=1S/C6H8O6/c7-1-2(8)5-3(9)4(10)6(11)12-5/h2,4-5,7-8,10H,1H2/t2-,4?,5+/m0/s1. The van der Waals surface area contributed by atoms with Gasteiger partial charge in [0, 0.05) is 0 Å². The molecule has 1 rings (SSSR count). The van der Waals surface area contributed by atoms with Gasteiger partial charge in [-0.3, -0.25) is 4.79 Å². The van der Waals surface area contributed by atoms with E-state index in [0.717, 1.165) is 0 Å². The molecule has 1 fully saturated rings. The van der Waals surface area contributed by atoms with E-state index in [1.807, 2.05) is 0 Å². The van der Waals surface area contributed by atoms with E-state index in [1.165, 1.54) is 0 Å². The molecule has 0 aromatic carbocycles. The molecule has 0 amide bonds. The number of hydrogen-bond acceptors (Lipinski definition) is 6.